The summed E-state index contributed by atoms with van der Waals surface area (Å²) in [5, 5.41) is 4.26. The summed E-state index contributed by atoms with van der Waals surface area (Å²) in [5.41, 5.74) is 0.152. The van der Waals surface area contributed by atoms with Crippen LogP contribution >= 0.6 is 0 Å². The third-order valence-electron chi connectivity index (χ3n) is 3.29. The zero-order valence-corrected chi connectivity index (χ0v) is 10.6. The smallest absolute Gasteiger partial charge is 0.376 e. The van der Waals surface area contributed by atoms with Gasteiger partial charge in [0, 0.05) is 19.7 Å². The molecule has 2 rings (SSSR count). The molecule has 19 heavy (non-hydrogen) atoms. The summed E-state index contributed by atoms with van der Waals surface area (Å²) in [4.78, 5) is 0. The van der Waals surface area contributed by atoms with Crippen LogP contribution in [-0.4, -0.2) is 19.7 Å². The maximum atomic E-state index is 12.4. The summed E-state index contributed by atoms with van der Waals surface area (Å²) in [5.74, 6) is 0.534. The van der Waals surface area contributed by atoms with E-state index in [4.69, 9.17) is 4.74 Å². The lowest BCUT2D eigenvalue weighted by Crippen LogP contribution is -2.25. The first-order valence-corrected chi connectivity index (χ1v) is 6.43. The van der Waals surface area contributed by atoms with E-state index in [1.165, 1.54) is 12.1 Å². The number of hydrogen-bond donors (Lipinski definition) is 0. The molecule has 0 N–H and O–H groups in total. The van der Waals surface area contributed by atoms with E-state index < -0.39 is 11.7 Å². The molecule has 1 saturated heterocycles. The number of nitrogens with zero attached hydrogens (tertiary/aromatic N) is 1. The van der Waals surface area contributed by atoms with Gasteiger partial charge < -0.3 is 4.74 Å². The molecule has 1 aromatic rings. The number of rotatable bonds is 4. The van der Waals surface area contributed by atoms with E-state index in [1.807, 2.05) is 0 Å². The molecule has 0 amide bonds. The van der Waals surface area contributed by atoms with Crippen molar-refractivity contribution in [1.82, 2.24) is 5.32 Å². The molecule has 1 radical (unpaired) electrons. The zero-order chi connectivity index (χ0) is 13.7. The molecule has 1 fully saturated rings. The van der Waals surface area contributed by atoms with Gasteiger partial charge in [0.05, 0.1) is 12.2 Å². The Morgan fingerprint density at radius 3 is 2.32 bits per heavy atom. The van der Waals surface area contributed by atoms with Gasteiger partial charge >= 0.3 is 6.18 Å². The van der Waals surface area contributed by atoms with E-state index in [9.17, 15) is 13.2 Å². The molecule has 0 spiro atoms. The molecule has 2 nitrogen and oxygen atoms in total. The Balaban J connectivity index is 1.76. The highest BCUT2D eigenvalue weighted by molar-refractivity contribution is 5.24. The molecule has 0 saturated carbocycles. The van der Waals surface area contributed by atoms with Gasteiger partial charge in [-0.1, -0.05) is 12.1 Å². The summed E-state index contributed by atoms with van der Waals surface area (Å²) in [6.45, 7) is 2.82. The van der Waals surface area contributed by atoms with Gasteiger partial charge in [-0.25, -0.2) is 5.32 Å². The first-order valence-electron chi connectivity index (χ1n) is 6.43. The van der Waals surface area contributed by atoms with Crippen LogP contribution in [-0.2, 0) is 17.5 Å². The average molecular weight is 272 g/mol. The minimum atomic E-state index is -4.27. The number of alkyl halides is 3. The second-order valence-electron chi connectivity index (χ2n) is 4.82. The SMILES string of the molecule is FC(F)(F)c1ccc(COCC2CC[N]CC2)cc1. The fraction of sp³-hybridized carbons (Fsp3) is 0.571. The van der Waals surface area contributed by atoms with Crippen molar-refractivity contribution < 1.29 is 17.9 Å². The largest absolute Gasteiger partial charge is 0.416 e. The predicted octanol–water partition coefficient (Wildman–Crippen LogP) is 3.24. The van der Waals surface area contributed by atoms with Crippen molar-refractivity contribution in [2.45, 2.75) is 25.6 Å². The Labute approximate surface area is 111 Å². The molecule has 1 heterocycles. The van der Waals surface area contributed by atoms with Gasteiger partial charge in [-0.05, 0) is 36.5 Å². The average Bonchev–Trinajstić information content (AvgIpc) is 2.39. The third-order valence-corrected chi connectivity index (χ3v) is 3.29. The van der Waals surface area contributed by atoms with Gasteiger partial charge in [0.1, 0.15) is 0 Å². The van der Waals surface area contributed by atoms with Crippen molar-refractivity contribution in [2.24, 2.45) is 5.92 Å². The van der Waals surface area contributed by atoms with Crippen molar-refractivity contribution >= 4 is 0 Å². The molecule has 0 bridgehead atoms. The van der Waals surface area contributed by atoms with Gasteiger partial charge in [0.2, 0.25) is 0 Å². The van der Waals surface area contributed by atoms with Crippen molar-refractivity contribution in [2.75, 3.05) is 19.7 Å². The normalized spacial score (nSPS) is 17.6. The van der Waals surface area contributed by atoms with Crippen LogP contribution in [0.25, 0.3) is 0 Å². The topological polar surface area (TPSA) is 23.3 Å². The molecule has 105 valence electrons. The van der Waals surface area contributed by atoms with Crippen LogP contribution in [0.2, 0.25) is 0 Å². The second kappa shape index (κ2) is 6.39. The summed E-state index contributed by atoms with van der Waals surface area (Å²) in [7, 11) is 0. The molecule has 0 aromatic heterocycles. The van der Waals surface area contributed by atoms with E-state index >= 15 is 0 Å². The van der Waals surface area contributed by atoms with Crippen LogP contribution in [0.15, 0.2) is 24.3 Å². The molecule has 0 aliphatic carbocycles. The van der Waals surface area contributed by atoms with E-state index in [0.29, 0.717) is 19.1 Å². The molecular weight excluding hydrogens is 255 g/mol. The number of ether oxygens (including phenoxy) is 1. The lowest BCUT2D eigenvalue weighted by molar-refractivity contribution is -0.137. The lowest BCUT2D eigenvalue weighted by Gasteiger charge is -2.21. The molecule has 0 unspecified atom stereocenters. The number of hydrogen-bond acceptors (Lipinski definition) is 1. The van der Waals surface area contributed by atoms with E-state index in [2.05, 4.69) is 5.32 Å². The standard InChI is InChI=1S/C14H17F3NO/c15-14(16,17)13-3-1-11(2-4-13)9-19-10-12-5-7-18-8-6-12/h1-4,12H,5-10H2. The van der Waals surface area contributed by atoms with Gasteiger partial charge in [0.15, 0.2) is 0 Å². The fourth-order valence-electron chi connectivity index (χ4n) is 2.10. The monoisotopic (exact) mass is 272 g/mol. The van der Waals surface area contributed by atoms with Crippen molar-refractivity contribution in [1.29, 1.82) is 0 Å². The van der Waals surface area contributed by atoms with Crippen molar-refractivity contribution in [3.05, 3.63) is 35.4 Å². The first kappa shape index (κ1) is 14.3. The van der Waals surface area contributed by atoms with E-state index in [0.717, 1.165) is 43.6 Å². The van der Waals surface area contributed by atoms with Gasteiger partial charge in [0.25, 0.3) is 0 Å². The maximum absolute atomic E-state index is 12.4. The number of benzene rings is 1. The highest BCUT2D eigenvalue weighted by Crippen LogP contribution is 2.29. The molecule has 1 aromatic carbocycles. The molecule has 0 atom stereocenters. The minimum absolute atomic E-state index is 0.367. The fourth-order valence-corrected chi connectivity index (χ4v) is 2.10. The number of halogens is 3. The van der Waals surface area contributed by atoms with E-state index in [1.54, 1.807) is 0 Å². The van der Waals surface area contributed by atoms with Gasteiger partial charge in [-0.2, -0.15) is 13.2 Å². The lowest BCUT2D eigenvalue weighted by atomic mass is 9.99. The summed E-state index contributed by atoms with van der Waals surface area (Å²) in [6.07, 6.45) is -2.18. The third kappa shape index (κ3) is 4.51. The first-order chi connectivity index (χ1) is 9.05. The Morgan fingerprint density at radius 1 is 1.11 bits per heavy atom. The van der Waals surface area contributed by atoms with Gasteiger partial charge in [-0.15, -0.1) is 0 Å². The summed E-state index contributed by atoms with van der Waals surface area (Å²) >= 11 is 0. The van der Waals surface area contributed by atoms with Crippen LogP contribution < -0.4 is 5.32 Å². The maximum Gasteiger partial charge on any atom is 0.416 e. The number of piperidine rings is 1. The highest BCUT2D eigenvalue weighted by Gasteiger charge is 2.29. The van der Waals surface area contributed by atoms with Crippen LogP contribution in [0.1, 0.15) is 24.0 Å². The van der Waals surface area contributed by atoms with Crippen molar-refractivity contribution in [3.8, 4) is 0 Å². The quantitative estimate of drug-likeness (QED) is 0.825. The zero-order valence-electron chi connectivity index (χ0n) is 10.6. The minimum Gasteiger partial charge on any atom is -0.376 e. The molecular formula is C14H17F3NO. The molecule has 5 heteroatoms. The predicted molar refractivity (Wildman–Crippen MR) is 65.7 cm³/mol. The Bertz CT molecular complexity index is 383. The Hall–Kier alpha value is -1.07. The van der Waals surface area contributed by atoms with Crippen LogP contribution in [0.5, 0.6) is 0 Å². The highest BCUT2D eigenvalue weighted by atomic mass is 19.4. The molecule has 1 aliphatic rings. The summed E-state index contributed by atoms with van der Waals surface area (Å²) < 4.78 is 42.7. The van der Waals surface area contributed by atoms with E-state index in [-0.39, 0.29) is 0 Å². The molecule has 1 aliphatic heterocycles. The van der Waals surface area contributed by atoms with Crippen molar-refractivity contribution in [3.63, 3.8) is 0 Å². The van der Waals surface area contributed by atoms with Crippen LogP contribution in [0.3, 0.4) is 0 Å². The Morgan fingerprint density at radius 2 is 1.74 bits per heavy atom. The Kier molecular flexibility index (Phi) is 4.82. The van der Waals surface area contributed by atoms with Gasteiger partial charge in [-0.3, -0.25) is 0 Å². The van der Waals surface area contributed by atoms with Crippen LogP contribution in [0.4, 0.5) is 13.2 Å². The summed E-state index contributed by atoms with van der Waals surface area (Å²) in [6, 6.07) is 5.13. The second-order valence-corrected chi connectivity index (χ2v) is 4.82. The van der Waals surface area contributed by atoms with Crippen LogP contribution in [0, 0.1) is 5.92 Å².